The molecule has 5 rings (SSSR count). The molecule has 1 spiro atoms. The van der Waals surface area contributed by atoms with Gasteiger partial charge in [0, 0.05) is 38.7 Å². The molecule has 4 heterocycles. The second kappa shape index (κ2) is 8.89. The van der Waals surface area contributed by atoms with E-state index in [9.17, 15) is 0 Å². The van der Waals surface area contributed by atoms with Gasteiger partial charge in [-0.3, -0.25) is 0 Å². The van der Waals surface area contributed by atoms with Gasteiger partial charge >= 0.3 is 0 Å². The van der Waals surface area contributed by atoms with E-state index in [2.05, 4.69) is 15.3 Å². The van der Waals surface area contributed by atoms with Crippen molar-refractivity contribution in [3.63, 3.8) is 0 Å². The highest BCUT2D eigenvalue weighted by atomic mass is 16.5. The molecule has 160 valence electrons. The first-order chi connectivity index (χ1) is 13.8. The van der Waals surface area contributed by atoms with Gasteiger partial charge in [0.05, 0.1) is 12.2 Å². The molecule has 4 atom stereocenters. The highest BCUT2D eigenvalue weighted by Gasteiger charge is 2.51. The Morgan fingerprint density at radius 1 is 0.964 bits per heavy atom. The third-order valence-electron chi connectivity index (χ3n) is 8.48. The molecule has 1 saturated carbocycles. The fraction of sp³-hybridized carbons (Fsp3) is 1.00. The van der Waals surface area contributed by atoms with Crippen LogP contribution in [0.4, 0.5) is 0 Å². The molecule has 1 N–H and O–H groups in total. The molecule has 1 aliphatic carbocycles. The van der Waals surface area contributed by atoms with E-state index < -0.39 is 0 Å². The summed E-state index contributed by atoms with van der Waals surface area (Å²) >= 11 is 0. The second-order valence-corrected chi connectivity index (χ2v) is 10.1. The van der Waals surface area contributed by atoms with Crippen LogP contribution < -0.4 is 5.43 Å². The maximum atomic E-state index is 6.46. The summed E-state index contributed by atoms with van der Waals surface area (Å²) in [6, 6.07) is 0.723. The summed E-state index contributed by atoms with van der Waals surface area (Å²) in [4.78, 5) is 2.68. The van der Waals surface area contributed by atoms with Crippen molar-refractivity contribution in [3.05, 3.63) is 0 Å². The van der Waals surface area contributed by atoms with Gasteiger partial charge in [0.15, 0.2) is 0 Å². The maximum Gasteiger partial charge on any atom is 0.122 e. The summed E-state index contributed by atoms with van der Waals surface area (Å²) in [7, 11) is 0. The van der Waals surface area contributed by atoms with Crippen molar-refractivity contribution < 1.29 is 9.47 Å². The van der Waals surface area contributed by atoms with Gasteiger partial charge in [-0.15, -0.1) is 0 Å². The Morgan fingerprint density at radius 2 is 1.82 bits per heavy atom. The minimum absolute atomic E-state index is 0.255. The minimum atomic E-state index is 0.255. The number of unbranched alkanes of at least 4 members (excludes halogenated alkanes) is 1. The smallest absolute Gasteiger partial charge is 0.122 e. The Bertz CT molecular complexity index is 494. The molecule has 0 aromatic heterocycles. The van der Waals surface area contributed by atoms with Crippen LogP contribution in [0, 0.1) is 11.8 Å². The molecule has 5 fully saturated rings. The monoisotopic (exact) mass is 391 g/mol. The maximum absolute atomic E-state index is 6.46. The predicted molar refractivity (Wildman–Crippen MR) is 111 cm³/mol. The van der Waals surface area contributed by atoms with E-state index in [1.807, 2.05) is 0 Å². The zero-order valence-electron chi connectivity index (χ0n) is 17.7. The molecule has 0 amide bonds. The van der Waals surface area contributed by atoms with Crippen LogP contribution in [0.15, 0.2) is 0 Å². The predicted octanol–water partition coefficient (Wildman–Crippen LogP) is 3.54. The normalized spacial score (nSPS) is 38.6. The highest BCUT2D eigenvalue weighted by Crippen LogP contribution is 2.49. The van der Waals surface area contributed by atoms with Crippen molar-refractivity contribution in [2.45, 2.75) is 94.9 Å². The van der Waals surface area contributed by atoms with Crippen LogP contribution in [-0.4, -0.2) is 67.2 Å². The van der Waals surface area contributed by atoms with Crippen molar-refractivity contribution >= 4 is 0 Å². The topological polar surface area (TPSA) is 37.0 Å². The molecule has 0 aromatic carbocycles. The molecule has 0 radical (unpaired) electrons. The van der Waals surface area contributed by atoms with Gasteiger partial charge in [0.25, 0.3) is 0 Å². The molecule has 0 bridgehead atoms. The highest BCUT2D eigenvalue weighted by molar-refractivity contribution is 5.01. The van der Waals surface area contributed by atoms with Crippen LogP contribution in [0.3, 0.4) is 0 Å². The van der Waals surface area contributed by atoms with E-state index in [0.717, 1.165) is 31.1 Å². The van der Waals surface area contributed by atoms with Crippen molar-refractivity contribution in [3.8, 4) is 0 Å². The lowest BCUT2D eigenvalue weighted by Crippen LogP contribution is -2.48. The first kappa shape index (κ1) is 19.7. The van der Waals surface area contributed by atoms with Crippen molar-refractivity contribution in [1.82, 2.24) is 15.3 Å². The lowest BCUT2D eigenvalue weighted by atomic mass is 9.69. The zero-order chi connectivity index (χ0) is 18.8. The summed E-state index contributed by atoms with van der Waals surface area (Å²) in [5.74, 6) is 1.75. The quantitative estimate of drug-likeness (QED) is 0.701. The number of piperidine rings is 2. The number of hydrogen-bond donors (Lipinski definition) is 1. The van der Waals surface area contributed by atoms with E-state index in [1.54, 1.807) is 0 Å². The first-order valence-electron chi connectivity index (χ1n) is 12.3. The fourth-order valence-electron chi connectivity index (χ4n) is 6.82. The van der Waals surface area contributed by atoms with E-state index >= 15 is 0 Å². The molecule has 28 heavy (non-hydrogen) atoms. The molecular formula is C23H41N3O2. The van der Waals surface area contributed by atoms with E-state index in [4.69, 9.17) is 9.47 Å². The SMILES string of the molecule is C(CCN1CCC2(CC1)OCC1CCCCC12)COC1CC2CCCCN2N1. The summed E-state index contributed by atoms with van der Waals surface area (Å²) in [6.45, 7) is 6.88. The van der Waals surface area contributed by atoms with Gasteiger partial charge in [-0.05, 0) is 69.7 Å². The average Bonchev–Trinajstić information content (AvgIpc) is 3.31. The summed E-state index contributed by atoms with van der Waals surface area (Å²) in [5, 5.41) is 2.43. The summed E-state index contributed by atoms with van der Waals surface area (Å²) in [5.41, 5.74) is 3.83. The molecule has 4 unspecified atom stereocenters. The van der Waals surface area contributed by atoms with Crippen molar-refractivity contribution in [1.29, 1.82) is 0 Å². The van der Waals surface area contributed by atoms with Crippen LogP contribution >= 0.6 is 0 Å². The van der Waals surface area contributed by atoms with Crippen LogP contribution in [0.2, 0.25) is 0 Å². The number of likely N-dealkylation sites (tertiary alicyclic amines) is 1. The van der Waals surface area contributed by atoms with Crippen LogP contribution in [0.5, 0.6) is 0 Å². The molecule has 5 aliphatic rings. The summed E-state index contributed by atoms with van der Waals surface area (Å²) < 4.78 is 12.6. The van der Waals surface area contributed by atoms with Gasteiger partial charge in [-0.25, -0.2) is 10.4 Å². The van der Waals surface area contributed by atoms with Crippen molar-refractivity contribution in [2.24, 2.45) is 11.8 Å². The first-order valence-corrected chi connectivity index (χ1v) is 12.3. The van der Waals surface area contributed by atoms with Crippen LogP contribution in [-0.2, 0) is 9.47 Å². The average molecular weight is 392 g/mol. The number of nitrogens with one attached hydrogen (secondary N) is 1. The molecule has 4 aliphatic heterocycles. The van der Waals surface area contributed by atoms with Gasteiger partial charge in [-0.2, -0.15) is 0 Å². The molecular weight excluding hydrogens is 350 g/mol. The molecule has 5 nitrogen and oxygen atoms in total. The number of fused-ring (bicyclic) bond motifs is 3. The Morgan fingerprint density at radius 3 is 2.71 bits per heavy atom. The Kier molecular flexibility index (Phi) is 6.27. The zero-order valence-corrected chi connectivity index (χ0v) is 17.7. The number of hydrogen-bond acceptors (Lipinski definition) is 5. The minimum Gasteiger partial charge on any atom is -0.374 e. The lowest BCUT2D eigenvalue weighted by Gasteiger charge is -2.44. The Hall–Kier alpha value is -0.200. The molecule has 5 heteroatoms. The van der Waals surface area contributed by atoms with Crippen LogP contribution in [0.1, 0.15) is 77.0 Å². The van der Waals surface area contributed by atoms with E-state index in [-0.39, 0.29) is 11.8 Å². The van der Waals surface area contributed by atoms with E-state index in [1.165, 1.54) is 103 Å². The third-order valence-corrected chi connectivity index (χ3v) is 8.48. The Labute approximate surface area is 171 Å². The van der Waals surface area contributed by atoms with Gasteiger partial charge in [-0.1, -0.05) is 19.3 Å². The van der Waals surface area contributed by atoms with Crippen molar-refractivity contribution in [2.75, 3.05) is 39.4 Å². The van der Waals surface area contributed by atoms with E-state index in [0.29, 0.717) is 0 Å². The fourth-order valence-corrected chi connectivity index (χ4v) is 6.82. The largest absolute Gasteiger partial charge is 0.374 e. The van der Waals surface area contributed by atoms with Gasteiger partial charge in [0.1, 0.15) is 6.23 Å². The lowest BCUT2D eigenvalue weighted by molar-refractivity contribution is -0.0695. The number of hydrazine groups is 1. The number of nitrogens with zero attached hydrogens (tertiary/aromatic N) is 2. The molecule has 0 aromatic rings. The Balaban J connectivity index is 0.966. The summed E-state index contributed by atoms with van der Waals surface area (Å²) in [6.07, 6.45) is 16.2. The van der Waals surface area contributed by atoms with Gasteiger partial charge in [0.2, 0.25) is 0 Å². The van der Waals surface area contributed by atoms with Gasteiger partial charge < -0.3 is 14.4 Å². The number of ether oxygens (including phenoxy) is 2. The number of rotatable bonds is 6. The standard InChI is InChI=1S/C23H41N3O2/c1-2-9-21-19(7-1)18-28-23(21)10-14-25(15-11-23)12-5-6-16-27-22-17-20-8-3-4-13-26(20)24-22/h19-22,24H,1-18H2. The second-order valence-electron chi connectivity index (χ2n) is 10.1. The molecule has 4 saturated heterocycles. The third kappa shape index (κ3) is 4.15. The van der Waals surface area contributed by atoms with Crippen LogP contribution in [0.25, 0.3) is 0 Å².